The molecule has 1 amide bonds. The predicted octanol–water partition coefficient (Wildman–Crippen LogP) is 3.35. The van der Waals surface area contributed by atoms with Gasteiger partial charge in [0.15, 0.2) is 0 Å². The normalized spacial score (nSPS) is 14.2. The Kier molecular flexibility index (Phi) is 3.50. The number of aromatic nitrogens is 1. The first kappa shape index (κ1) is 13.9. The fraction of sp³-hybridized carbons (Fsp3) is 0.211. The van der Waals surface area contributed by atoms with Crippen molar-refractivity contribution in [1.29, 1.82) is 0 Å². The molecule has 116 valence electrons. The number of amides is 1. The third-order valence-electron chi connectivity index (χ3n) is 4.20. The monoisotopic (exact) mass is 306 g/mol. The Morgan fingerprint density at radius 1 is 1.09 bits per heavy atom. The third kappa shape index (κ3) is 2.68. The quantitative estimate of drug-likeness (QED) is 0.806. The van der Waals surface area contributed by atoms with Gasteiger partial charge in [-0.3, -0.25) is 4.79 Å². The number of nitrogens with one attached hydrogen (secondary N) is 1. The fourth-order valence-electron chi connectivity index (χ4n) is 3.04. The number of hydrogen-bond acceptors (Lipinski definition) is 2. The third-order valence-corrected chi connectivity index (χ3v) is 4.20. The number of fused-ring (bicyclic) bond motifs is 3. The standard InChI is InChI=1S/C19H18N2O2/c22-19-18-12-15-11-16(23-13-14-5-2-1-3-6-14)7-8-17(15)21(18)10-4-9-20-19/h1-3,5-8,11-12H,4,9-10,13H2,(H,20,22). The summed E-state index contributed by atoms with van der Waals surface area (Å²) in [4.78, 5) is 12.1. The van der Waals surface area contributed by atoms with E-state index in [1.165, 1.54) is 0 Å². The molecule has 0 saturated carbocycles. The topological polar surface area (TPSA) is 43.3 Å². The molecule has 1 aromatic heterocycles. The Morgan fingerprint density at radius 2 is 1.96 bits per heavy atom. The van der Waals surface area contributed by atoms with Crippen LogP contribution in [0.4, 0.5) is 0 Å². The maximum atomic E-state index is 12.1. The molecule has 4 nitrogen and oxygen atoms in total. The summed E-state index contributed by atoms with van der Waals surface area (Å²) >= 11 is 0. The van der Waals surface area contributed by atoms with Crippen molar-refractivity contribution in [1.82, 2.24) is 9.88 Å². The number of hydrogen-bond donors (Lipinski definition) is 1. The first-order chi connectivity index (χ1) is 11.3. The summed E-state index contributed by atoms with van der Waals surface area (Å²) in [5.74, 6) is 0.827. The van der Waals surface area contributed by atoms with E-state index in [1.54, 1.807) is 0 Å². The molecule has 0 unspecified atom stereocenters. The molecule has 0 spiro atoms. The minimum Gasteiger partial charge on any atom is -0.489 e. The highest BCUT2D eigenvalue weighted by Gasteiger charge is 2.18. The maximum absolute atomic E-state index is 12.1. The minimum atomic E-state index is 0.00505. The van der Waals surface area contributed by atoms with Crippen molar-refractivity contribution in [2.24, 2.45) is 0 Å². The van der Waals surface area contributed by atoms with Gasteiger partial charge in [-0.15, -0.1) is 0 Å². The highest BCUT2D eigenvalue weighted by molar-refractivity contribution is 5.99. The second kappa shape index (κ2) is 5.80. The van der Waals surface area contributed by atoms with Gasteiger partial charge in [-0.2, -0.15) is 0 Å². The molecule has 0 fully saturated rings. The van der Waals surface area contributed by atoms with Gasteiger partial charge in [0.05, 0.1) is 0 Å². The number of rotatable bonds is 3. The first-order valence-electron chi connectivity index (χ1n) is 7.89. The summed E-state index contributed by atoms with van der Waals surface area (Å²) in [6.07, 6.45) is 0.953. The summed E-state index contributed by atoms with van der Waals surface area (Å²) in [6, 6.07) is 18.1. The number of nitrogens with zero attached hydrogens (tertiary/aromatic N) is 1. The van der Waals surface area contributed by atoms with E-state index < -0.39 is 0 Å². The largest absolute Gasteiger partial charge is 0.489 e. The number of aryl methyl sites for hydroxylation is 1. The number of carbonyl (C=O) groups excluding carboxylic acids is 1. The fourth-order valence-corrected chi connectivity index (χ4v) is 3.04. The minimum absolute atomic E-state index is 0.00505. The zero-order valence-corrected chi connectivity index (χ0v) is 12.8. The molecule has 0 atom stereocenters. The second-order valence-electron chi connectivity index (χ2n) is 5.79. The molecule has 0 aliphatic carbocycles. The Bertz CT molecular complexity index is 852. The van der Waals surface area contributed by atoms with E-state index in [0.29, 0.717) is 6.61 Å². The van der Waals surface area contributed by atoms with Crippen LogP contribution in [0.5, 0.6) is 5.75 Å². The van der Waals surface area contributed by atoms with E-state index in [-0.39, 0.29) is 5.91 Å². The van der Waals surface area contributed by atoms with Gasteiger partial charge in [0.25, 0.3) is 5.91 Å². The Hall–Kier alpha value is -2.75. The summed E-state index contributed by atoms with van der Waals surface area (Å²) in [5, 5.41) is 3.98. The average molecular weight is 306 g/mol. The van der Waals surface area contributed by atoms with Gasteiger partial charge in [0.2, 0.25) is 0 Å². The molecule has 2 aromatic carbocycles. The molecule has 23 heavy (non-hydrogen) atoms. The lowest BCUT2D eigenvalue weighted by atomic mass is 10.2. The smallest absolute Gasteiger partial charge is 0.267 e. The van der Waals surface area contributed by atoms with E-state index in [0.717, 1.165) is 47.4 Å². The lowest BCUT2D eigenvalue weighted by Crippen LogP contribution is -2.22. The van der Waals surface area contributed by atoms with Crippen molar-refractivity contribution in [3.8, 4) is 5.75 Å². The molecule has 3 aromatic rings. The molecule has 1 aliphatic rings. The van der Waals surface area contributed by atoms with Crippen LogP contribution in [-0.2, 0) is 13.2 Å². The van der Waals surface area contributed by atoms with Gasteiger partial charge in [-0.05, 0) is 36.2 Å². The highest BCUT2D eigenvalue weighted by atomic mass is 16.5. The Morgan fingerprint density at radius 3 is 2.83 bits per heavy atom. The predicted molar refractivity (Wildman–Crippen MR) is 89.7 cm³/mol. The van der Waals surface area contributed by atoms with Crippen molar-refractivity contribution < 1.29 is 9.53 Å². The zero-order chi connectivity index (χ0) is 15.6. The molecule has 1 aliphatic heterocycles. The van der Waals surface area contributed by atoms with Crippen LogP contribution in [-0.4, -0.2) is 17.0 Å². The molecular formula is C19H18N2O2. The van der Waals surface area contributed by atoms with Crippen molar-refractivity contribution in [3.63, 3.8) is 0 Å². The van der Waals surface area contributed by atoms with Crippen molar-refractivity contribution in [2.75, 3.05) is 6.54 Å². The summed E-state index contributed by atoms with van der Waals surface area (Å²) in [6.45, 7) is 2.14. The van der Waals surface area contributed by atoms with Crippen LogP contribution in [0.3, 0.4) is 0 Å². The van der Waals surface area contributed by atoms with E-state index in [9.17, 15) is 4.79 Å². The van der Waals surface area contributed by atoms with Crippen LogP contribution in [0, 0.1) is 0 Å². The van der Waals surface area contributed by atoms with Gasteiger partial charge in [-0.1, -0.05) is 30.3 Å². The molecule has 0 radical (unpaired) electrons. The molecule has 0 bridgehead atoms. The number of carbonyl (C=O) groups is 1. The zero-order valence-electron chi connectivity index (χ0n) is 12.8. The van der Waals surface area contributed by atoms with E-state index in [1.807, 2.05) is 54.6 Å². The SMILES string of the molecule is O=C1NCCCn2c1cc1cc(OCc3ccccc3)ccc12. The van der Waals surface area contributed by atoms with Crippen LogP contribution in [0.25, 0.3) is 10.9 Å². The van der Waals surface area contributed by atoms with Gasteiger partial charge in [-0.25, -0.2) is 0 Å². The van der Waals surface area contributed by atoms with Crippen LogP contribution >= 0.6 is 0 Å². The van der Waals surface area contributed by atoms with Crippen LogP contribution in [0.15, 0.2) is 54.6 Å². The molecule has 2 heterocycles. The van der Waals surface area contributed by atoms with Crippen molar-refractivity contribution >= 4 is 16.8 Å². The molecule has 4 rings (SSSR count). The second-order valence-corrected chi connectivity index (χ2v) is 5.79. The molecule has 1 N–H and O–H groups in total. The molecule has 0 saturated heterocycles. The van der Waals surface area contributed by atoms with Gasteiger partial charge in [0, 0.05) is 24.0 Å². The first-order valence-corrected chi connectivity index (χ1v) is 7.89. The Labute approximate surface area is 134 Å². The van der Waals surface area contributed by atoms with Gasteiger partial charge in [0.1, 0.15) is 18.1 Å². The highest BCUT2D eigenvalue weighted by Crippen LogP contribution is 2.26. The maximum Gasteiger partial charge on any atom is 0.267 e. The lowest BCUT2D eigenvalue weighted by molar-refractivity contribution is 0.0951. The van der Waals surface area contributed by atoms with E-state index >= 15 is 0 Å². The van der Waals surface area contributed by atoms with Gasteiger partial charge >= 0.3 is 0 Å². The van der Waals surface area contributed by atoms with Crippen molar-refractivity contribution in [3.05, 3.63) is 65.9 Å². The average Bonchev–Trinajstić information content (AvgIpc) is 2.86. The summed E-state index contributed by atoms with van der Waals surface area (Å²) in [7, 11) is 0. The van der Waals surface area contributed by atoms with Crippen LogP contribution in [0.1, 0.15) is 22.5 Å². The number of ether oxygens (including phenoxy) is 1. The van der Waals surface area contributed by atoms with Gasteiger partial charge < -0.3 is 14.6 Å². The summed E-state index contributed by atoms with van der Waals surface area (Å²) < 4.78 is 7.97. The molecular weight excluding hydrogens is 288 g/mol. The van der Waals surface area contributed by atoms with Crippen LogP contribution < -0.4 is 10.1 Å². The van der Waals surface area contributed by atoms with E-state index in [2.05, 4.69) is 9.88 Å². The summed E-state index contributed by atoms with van der Waals surface area (Å²) in [5.41, 5.74) is 2.96. The Balaban J connectivity index is 1.62. The van der Waals surface area contributed by atoms with Crippen molar-refractivity contribution in [2.45, 2.75) is 19.6 Å². The molecule has 4 heteroatoms. The number of benzene rings is 2. The van der Waals surface area contributed by atoms with Crippen LogP contribution in [0.2, 0.25) is 0 Å². The van der Waals surface area contributed by atoms with E-state index in [4.69, 9.17) is 4.74 Å². The lowest BCUT2D eigenvalue weighted by Gasteiger charge is -2.08.